The van der Waals surface area contributed by atoms with Crippen molar-refractivity contribution in [2.75, 3.05) is 45.7 Å². The molecule has 0 aromatic heterocycles. The molecule has 1 aliphatic heterocycles. The maximum atomic E-state index is 12.2. The van der Waals surface area contributed by atoms with Gasteiger partial charge in [0, 0.05) is 12.1 Å². The second-order valence-electron chi connectivity index (χ2n) is 5.98. The zero-order valence-corrected chi connectivity index (χ0v) is 14.9. The molecule has 1 fully saturated rings. The van der Waals surface area contributed by atoms with Gasteiger partial charge in [0.25, 0.3) is 0 Å². The molecule has 1 aliphatic rings. The SMILES string of the molecule is COc1ccc(Cl)cc1NC(=O)CN(C)C(=O)CN1CCCCC1. The zero-order chi connectivity index (χ0) is 17.5. The van der Waals surface area contributed by atoms with Crippen molar-refractivity contribution in [3.8, 4) is 5.75 Å². The molecule has 0 saturated carbocycles. The minimum atomic E-state index is -0.287. The van der Waals surface area contributed by atoms with E-state index in [0.717, 1.165) is 25.9 Å². The molecule has 1 heterocycles. The highest BCUT2D eigenvalue weighted by Crippen LogP contribution is 2.27. The van der Waals surface area contributed by atoms with Gasteiger partial charge in [-0.25, -0.2) is 0 Å². The standard InChI is InChI=1S/C17H24ClN3O3/c1-20(17(23)12-21-8-4-3-5-9-21)11-16(22)19-14-10-13(18)6-7-15(14)24-2/h6-7,10H,3-5,8-9,11-12H2,1-2H3,(H,19,22). The molecular weight excluding hydrogens is 330 g/mol. The topological polar surface area (TPSA) is 61.9 Å². The van der Waals surface area contributed by atoms with Crippen LogP contribution in [-0.4, -0.2) is 62.0 Å². The Morgan fingerprint density at radius 2 is 2.00 bits per heavy atom. The van der Waals surface area contributed by atoms with Crippen LogP contribution in [0, 0.1) is 0 Å². The van der Waals surface area contributed by atoms with Crippen molar-refractivity contribution >= 4 is 29.1 Å². The summed E-state index contributed by atoms with van der Waals surface area (Å²) in [7, 11) is 3.16. The largest absolute Gasteiger partial charge is 0.495 e. The molecule has 7 heteroatoms. The fourth-order valence-electron chi connectivity index (χ4n) is 2.70. The molecule has 0 radical (unpaired) electrons. The molecule has 6 nitrogen and oxygen atoms in total. The lowest BCUT2D eigenvalue weighted by atomic mass is 10.1. The van der Waals surface area contributed by atoms with Crippen LogP contribution >= 0.6 is 11.6 Å². The molecule has 0 spiro atoms. The number of amides is 2. The quantitative estimate of drug-likeness (QED) is 0.852. The van der Waals surface area contributed by atoms with Crippen LogP contribution in [0.5, 0.6) is 5.75 Å². The van der Waals surface area contributed by atoms with Gasteiger partial charge in [0.05, 0.1) is 25.9 Å². The smallest absolute Gasteiger partial charge is 0.244 e. The number of benzene rings is 1. The molecule has 0 atom stereocenters. The Hall–Kier alpha value is -1.79. The maximum Gasteiger partial charge on any atom is 0.244 e. The maximum absolute atomic E-state index is 12.2. The molecule has 1 N–H and O–H groups in total. The number of carbonyl (C=O) groups excluding carboxylic acids is 2. The third-order valence-electron chi connectivity index (χ3n) is 4.05. The van der Waals surface area contributed by atoms with E-state index in [-0.39, 0.29) is 18.4 Å². The van der Waals surface area contributed by atoms with Crippen molar-refractivity contribution < 1.29 is 14.3 Å². The highest BCUT2D eigenvalue weighted by atomic mass is 35.5. The molecular formula is C17H24ClN3O3. The second-order valence-corrected chi connectivity index (χ2v) is 6.42. The van der Waals surface area contributed by atoms with E-state index in [4.69, 9.17) is 16.3 Å². The molecule has 1 saturated heterocycles. The molecule has 1 aromatic carbocycles. The number of methoxy groups -OCH3 is 1. The summed E-state index contributed by atoms with van der Waals surface area (Å²) >= 11 is 5.94. The number of carbonyl (C=O) groups is 2. The lowest BCUT2D eigenvalue weighted by Gasteiger charge is -2.27. The first kappa shape index (κ1) is 18.5. The van der Waals surface area contributed by atoms with Crippen LogP contribution in [0.2, 0.25) is 5.02 Å². The van der Waals surface area contributed by atoms with Crippen LogP contribution in [0.25, 0.3) is 0 Å². The molecule has 132 valence electrons. The number of rotatable bonds is 6. The van der Waals surface area contributed by atoms with Crippen LogP contribution in [0.1, 0.15) is 19.3 Å². The summed E-state index contributed by atoms with van der Waals surface area (Å²) in [5.74, 6) is 0.185. The van der Waals surface area contributed by atoms with Gasteiger partial charge in [-0.15, -0.1) is 0 Å². The molecule has 0 unspecified atom stereocenters. The summed E-state index contributed by atoms with van der Waals surface area (Å²) < 4.78 is 5.19. The van der Waals surface area contributed by atoms with Crippen molar-refractivity contribution in [2.45, 2.75) is 19.3 Å². The van der Waals surface area contributed by atoms with E-state index in [1.165, 1.54) is 18.4 Å². The lowest BCUT2D eigenvalue weighted by molar-refractivity contribution is -0.134. The van der Waals surface area contributed by atoms with Gasteiger partial charge in [-0.1, -0.05) is 18.0 Å². The summed E-state index contributed by atoms with van der Waals surface area (Å²) in [5, 5.41) is 3.24. The molecule has 2 rings (SSSR count). The van der Waals surface area contributed by atoms with E-state index in [2.05, 4.69) is 10.2 Å². The highest BCUT2D eigenvalue weighted by Gasteiger charge is 2.19. The monoisotopic (exact) mass is 353 g/mol. The number of nitrogens with zero attached hydrogens (tertiary/aromatic N) is 2. The van der Waals surface area contributed by atoms with Gasteiger partial charge in [-0.2, -0.15) is 0 Å². The van der Waals surface area contributed by atoms with Crippen LogP contribution in [0.4, 0.5) is 5.69 Å². The first-order chi connectivity index (χ1) is 11.5. The summed E-state index contributed by atoms with van der Waals surface area (Å²) in [6.45, 7) is 2.25. The number of likely N-dealkylation sites (N-methyl/N-ethyl adjacent to an activating group) is 1. The lowest BCUT2D eigenvalue weighted by Crippen LogP contribution is -2.43. The Kier molecular flexibility index (Phi) is 6.87. The van der Waals surface area contributed by atoms with Gasteiger partial charge in [-0.05, 0) is 44.1 Å². The van der Waals surface area contributed by atoms with Crippen LogP contribution in [0.15, 0.2) is 18.2 Å². The molecule has 24 heavy (non-hydrogen) atoms. The number of piperidine rings is 1. The number of likely N-dealkylation sites (tertiary alicyclic amines) is 1. The number of halogens is 1. The van der Waals surface area contributed by atoms with Crippen molar-refractivity contribution in [1.82, 2.24) is 9.80 Å². The summed E-state index contributed by atoms with van der Waals surface area (Å²) in [6.07, 6.45) is 3.49. The number of hydrogen-bond acceptors (Lipinski definition) is 4. The number of hydrogen-bond donors (Lipinski definition) is 1. The minimum absolute atomic E-state index is 0.0116. The third-order valence-corrected chi connectivity index (χ3v) is 4.28. The predicted octanol–water partition coefficient (Wildman–Crippen LogP) is 2.23. The van der Waals surface area contributed by atoms with Crippen LogP contribution in [0.3, 0.4) is 0 Å². The van der Waals surface area contributed by atoms with E-state index < -0.39 is 0 Å². The summed E-state index contributed by atoms with van der Waals surface area (Å²) in [5.41, 5.74) is 0.492. The van der Waals surface area contributed by atoms with E-state index >= 15 is 0 Å². The Balaban J connectivity index is 1.86. The normalized spacial score (nSPS) is 15.0. The zero-order valence-electron chi connectivity index (χ0n) is 14.2. The van der Waals surface area contributed by atoms with Gasteiger partial charge < -0.3 is 15.0 Å². The van der Waals surface area contributed by atoms with E-state index in [1.807, 2.05) is 0 Å². The predicted molar refractivity (Wildman–Crippen MR) is 94.6 cm³/mol. The Labute approximate surface area is 147 Å². The van der Waals surface area contributed by atoms with Gasteiger partial charge in [-0.3, -0.25) is 14.5 Å². The van der Waals surface area contributed by atoms with Gasteiger partial charge in [0.15, 0.2) is 0 Å². The first-order valence-electron chi connectivity index (χ1n) is 8.09. The van der Waals surface area contributed by atoms with Crippen molar-refractivity contribution in [3.05, 3.63) is 23.2 Å². The first-order valence-corrected chi connectivity index (χ1v) is 8.47. The number of anilines is 1. The van der Waals surface area contributed by atoms with E-state index in [1.54, 1.807) is 25.2 Å². The van der Waals surface area contributed by atoms with Crippen molar-refractivity contribution in [2.24, 2.45) is 0 Å². The Bertz CT molecular complexity index is 588. The molecule has 0 bridgehead atoms. The van der Waals surface area contributed by atoms with Gasteiger partial charge in [0.1, 0.15) is 5.75 Å². The van der Waals surface area contributed by atoms with Crippen molar-refractivity contribution in [1.29, 1.82) is 0 Å². The average molecular weight is 354 g/mol. The molecule has 1 aromatic rings. The Morgan fingerprint density at radius 1 is 1.29 bits per heavy atom. The average Bonchev–Trinajstić information content (AvgIpc) is 2.55. The van der Waals surface area contributed by atoms with Crippen LogP contribution in [-0.2, 0) is 9.59 Å². The van der Waals surface area contributed by atoms with Gasteiger partial charge in [0.2, 0.25) is 11.8 Å². The molecule has 2 amide bonds. The van der Waals surface area contributed by atoms with Crippen LogP contribution < -0.4 is 10.1 Å². The van der Waals surface area contributed by atoms with Crippen molar-refractivity contribution in [3.63, 3.8) is 0 Å². The fraction of sp³-hybridized carbons (Fsp3) is 0.529. The van der Waals surface area contributed by atoms with E-state index in [0.29, 0.717) is 23.0 Å². The minimum Gasteiger partial charge on any atom is -0.495 e. The fourth-order valence-corrected chi connectivity index (χ4v) is 2.87. The summed E-state index contributed by atoms with van der Waals surface area (Å²) in [6, 6.07) is 4.99. The van der Waals surface area contributed by atoms with Gasteiger partial charge >= 0.3 is 0 Å². The highest BCUT2D eigenvalue weighted by molar-refractivity contribution is 6.31. The second kappa shape index (κ2) is 8.89. The molecule has 0 aliphatic carbocycles. The Morgan fingerprint density at radius 3 is 2.67 bits per heavy atom. The number of ether oxygens (including phenoxy) is 1. The summed E-state index contributed by atoms with van der Waals surface area (Å²) in [4.78, 5) is 28.0. The number of nitrogens with one attached hydrogen (secondary N) is 1. The third kappa shape index (κ3) is 5.39. The van der Waals surface area contributed by atoms with E-state index in [9.17, 15) is 9.59 Å².